The monoisotopic (exact) mass is 199 g/mol. The number of hydrogen-bond acceptors (Lipinski definition) is 2. The molecule has 0 radical (unpaired) electrons. The van der Waals surface area contributed by atoms with Crippen LogP contribution in [-0.4, -0.2) is 11.8 Å². The molecule has 14 heavy (non-hydrogen) atoms. The summed E-state index contributed by atoms with van der Waals surface area (Å²) in [5.41, 5.74) is 5.81. The molecule has 0 aliphatic heterocycles. The van der Waals surface area contributed by atoms with Crippen molar-refractivity contribution in [3.8, 4) is 0 Å². The van der Waals surface area contributed by atoms with E-state index >= 15 is 0 Å². The fourth-order valence-electron chi connectivity index (χ4n) is 1.60. The summed E-state index contributed by atoms with van der Waals surface area (Å²) in [6, 6.07) is -0.212. The predicted molar refractivity (Wildman–Crippen MR) is 61.2 cm³/mol. The van der Waals surface area contributed by atoms with E-state index in [9.17, 15) is 4.79 Å². The van der Waals surface area contributed by atoms with Crippen molar-refractivity contribution in [2.24, 2.45) is 11.7 Å². The van der Waals surface area contributed by atoms with Crippen molar-refractivity contribution in [2.45, 2.75) is 65.3 Å². The van der Waals surface area contributed by atoms with Gasteiger partial charge in [0.25, 0.3) is 0 Å². The van der Waals surface area contributed by atoms with E-state index in [-0.39, 0.29) is 11.8 Å². The number of ketones is 1. The average Bonchev–Trinajstić information content (AvgIpc) is 2.21. The van der Waals surface area contributed by atoms with Crippen molar-refractivity contribution >= 4 is 5.78 Å². The summed E-state index contributed by atoms with van der Waals surface area (Å²) in [7, 11) is 0. The Morgan fingerprint density at radius 3 is 2.21 bits per heavy atom. The molecule has 0 spiro atoms. The fourth-order valence-corrected chi connectivity index (χ4v) is 1.60. The van der Waals surface area contributed by atoms with Gasteiger partial charge >= 0.3 is 0 Å². The molecule has 0 rings (SSSR count). The van der Waals surface area contributed by atoms with E-state index in [1.165, 1.54) is 0 Å². The average molecular weight is 199 g/mol. The van der Waals surface area contributed by atoms with Crippen molar-refractivity contribution in [3.63, 3.8) is 0 Å². The van der Waals surface area contributed by atoms with Gasteiger partial charge < -0.3 is 5.73 Å². The minimum absolute atomic E-state index is 0.212. The molecular formula is C12H25NO. The van der Waals surface area contributed by atoms with Crippen LogP contribution in [0.25, 0.3) is 0 Å². The highest BCUT2D eigenvalue weighted by Crippen LogP contribution is 2.14. The number of carbonyl (C=O) groups excluding carboxylic acids is 1. The molecule has 0 amide bonds. The molecule has 2 N–H and O–H groups in total. The van der Waals surface area contributed by atoms with E-state index in [0.717, 1.165) is 32.1 Å². The normalized spacial score (nSPS) is 13.2. The third-order valence-corrected chi connectivity index (χ3v) is 2.93. The fraction of sp³-hybridized carbons (Fsp3) is 0.917. The molecule has 0 fully saturated rings. The van der Waals surface area contributed by atoms with Gasteiger partial charge in [0.2, 0.25) is 0 Å². The van der Waals surface area contributed by atoms with Crippen LogP contribution in [0.2, 0.25) is 0 Å². The van der Waals surface area contributed by atoms with Gasteiger partial charge in [-0.1, -0.05) is 46.5 Å². The summed E-state index contributed by atoms with van der Waals surface area (Å²) in [4.78, 5) is 11.7. The molecule has 0 aliphatic rings. The van der Waals surface area contributed by atoms with Crippen LogP contribution in [0.1, 0.15) is 59.3 Å². The second kappa shape index (κ2) is 7.98. The van der Waals surface area contributed by atoms with Crippen molar-refractivity contribution in [1.82, 2.24) is 0 Å². The van der Waals surface area contributed by atoms with Crippen LogP contribution in [0.5, 0.6) is 0 Å². The third kappa shape index (κ3) is 5.38. The Labute approximate surface area is 88.3 Å². The number of Topliss-reactive ketones (excluding diaryl/α,β-unsaturated/α-hetero) is 1. The van der Waals surface area contributed by atoms with Gasteiger partial charge in [0.05, 0.1) is 6.04 Å². The summed E-state index contributed by atoms with van der Waals surface area (Å²) >= 11 is 0. The number of unbranched alkanes of at least 4 members (excludes halogenated alkanes) is 1. The maximum absolute atomic E-state index is 11.7. The Bertz CT molecular complexity index is 152. The molecule has 0 aromatic rings. The third-order valence-electron chi connectivity index (χ3n) is 2.93. The lowest BCUT2D eigenvalue weighted by atomic mass is 9.93. The largest absolute Gasteiger partial charge is 0.322 e. The van der Waals surface area contributed by atoms with E-state index in [4.69, 9.17) is 5.73 Å². The molecule has 1 unspecified atom stereocenters. The van der Waals surface area contributed by atoms with Gasteiger partial charge in [0, 0.05) is 6.42 Å². The molecule has 0 aromatic carbocycles. The van der Waals surface area contributed by atoms with E-state index in [0.29, 0.717) is 12.3 Å². The molecular weight excluding hydrogens is 174 g/mol. The second-order valence-corrected chi connectivity index (χ2v) is 4.10. The zero-order chi connectivity index (χ0) is 11.0. The Kier molecular flexibility index (Phi) is 7.77. The standard InChI is InChI=1S/C12H25NO/c1-4-7-8-11(13)12(14)9-10(5-2)6-3/h10-11H,4-9,13H2,1-3H3. The summed E-state index contributed by atoms with van der Waals surface area (Å²) in [6.07, 6.45) is 5.89. The van der Waals surface area contributed by atoms with Crippen molar-refractivity contribution in [3.05, 3.63) is 0 Å². The van der Waals surface area contributed by atoms with Gasteiger partial charge in [-0.25, -0.2) is 0 Å². The van der Waals surface area contributed by atoms with Crippen LogP contribution in [0.4, 0.5) is 0 Å². The first-order valence-electron chi connectivity index (χ1n) is 5.93. The van der Waals surface area contributed by atoms with Crippen LogP contribution in [0, 0.1) is 5.92 Å². The van der Waals surface area contributed by atoms with Crippen molar-refractivity contribution < 1.29 is 4.79 Å². The zero-order valence-corrected chi connectivity index (χ0v) is 9.88. The van der Waals surface area contributed by atoms with Crippen LogP contribution < -0.4 is 5.73 Å². The topological polar surface area (TPSA) is 43.1 Å². The number of nitrogens with two attached hydrogens (primary N) is 1. The lowest BCUT2D eigenvalue weighted by Crippen LogP contribution is -2.31. The lowest BCUT2D eigenvalue weighted by Gasteiger charge is -2.15. The zero-order valence-electron chi connectivity index (χ0n) is 9.88. The molecule has 2 nitrogen and oxygen atoms in total. The highest BCUT2D eigenvalue weighted by molar-refractivity contribution is 5.83. The van der Waals surface area contributed by atoms with Crippen LogP contribution >= 0.6 is 0 Å². The second-order valence-electron chi connectivity index (χ2n) is 4.10. The SMILES string of the molecule is CCCCC(N)C(=O)CC(CC)CC. The quantitative estimate of drug-likeness (QED) is 0.653. The summed E-state index contributed by atoms with van der Waals surface area (Å²) < 4.78 is 0. The highest BCUT2D eigenvalue weighted by Gasteiger charge is 2.16. The maximum Gasteiger partial charge on any atom is 0.149 e. The van der Waals surface area contributed by atoms with E-state index in [1.807, 2.05) is 0 Å². The molecule has 0 bridgehead atoms. The number of hydrogen-bond donors (Lipinski definition) is 1. The van der Waals surface area contributed by atoms with Gasteiger partial charge in [-0.3, -0.25) is 4.79 Å². The first kappa shape index (κ1) is 13.6. The Hall–Kier alpha value is -0.370. The first-order chi connectivity index (χ1) is 6.65. The minimum Gasteiger partial charge on any atom is -0.322 e. The predicted octanol–water partition coefficient (Wildman–Crippen LogP) is 2.90. The highest BCUT2D eigenvalue weighted by atomic mass is 16.1. The summed E-state index contributed by atoms with van der Waals surface area (Å²) in [5.74, 6) is 0.794. The molecule has 0 saturated heterocycles. The molecule has 0 aromatic heterocycles. The van der Waals surface area contributed by atoms with Gasteiger partial charge in [-0.2, -0.15) is 0 Å². The number of carbonyl (C=O) groups is 1. The summed E-state index contributed by atoms with van der Waals surface area (Å²) in [6.45, 7) is 6.40. The smallest absolute Gasteiger partial charge is 0.149 e. The van der Waals surface area contributed by atoms with Crippen LogP contribution in [0.3, 0.4) is 0 Å². The number of rotatable bonds is 8. The van der Waals surface area contributed by atoms with Crippen molar-refractivity contribution in [2.75, 3.05) is 0 Å². The van der Waals surface area contributed by atoms with Crippen LogP contribution in [0.15, 0.2) is 0 Å². The maximum atomic E-state index is 11.7. The van der Waals surface area contributed by atoms with Gasteiger partial charge in [-0.15, -0.1) is 0 Å². The molecule has 1 atom stereocenters. The van der Waals surface area contributed by atoms with Crippen LogP contribution in [-0.2, 0) is 4.79 Å². The minimum atomic E-state index is -0.212. The summed E-state index contributed by atoms with van der Waals surface area (Å²) in [5, 5.41) is 0. The first-order valence-corrected chi connectivity index (χ1v) is 5.93. The van der Waals surface area contributed by atoms with E-state index in [2.05, 4.69) is 20.8 Å². The van der Waals surface area contributed by atoms with Gasteiger partial charge in [0.1, 0.15) is 5.78 Å². The Morgan fingerprint density at radius 2 is 1.79 bits per heavy atom. The molecule has 0 aliphatic carbocycles. The molecule has 2 heteroatoms. The van der Waals surface area contributed by atoms with Gasteiger partial charge in [-0.05, 0) is 12.3 Å². The molecule has 84 valence electrons. The lowest BCUT2D eigenvalue weighted by molar-refractivity contribution is -0.121. The Morgan fingerprint density at radius 1 is 1.21 bits per heavy atom. The van der Waals surface area contributed by atoms with Crippen molar-refractivity contribution in [1.29, 1.82) is 0 Å². The van der Waals surface area contributed by atoms with Gasteiger partial charge in [0.15, 0.2) is 0 Å². The molecule has 0 heterocycles. The van der Waals surface area contributed by atoms with E-state index < -0.39 is 0 Å². The molecule has 0 saturated carbocycles. The Balaban J connectivity index is 3.81. The van der Waals surface area contributed by atoms with E-state index in [1.54, 1.807) is 0 Å².